The van der Waals surface area contributed by atoms with Gasteiger partial charge in [-0.1, -0.05) is 0 Å². The number of fused-ring (bicyclic) bond motifs is 2. The lowest BCUT2D eigenvalue weighted by atomic mass is 9.87. The van der Waals surface area contributed by atoms with Gasteiger partial charge in [0.1, 0.15) is 0 Å². The van der Waals surface area contributed by atoms with Crippen molar-refractivity contribution in [3.63, 3.8) is 0 Å². The van der Waals surface area contributed by atoms with E-state index < -0.39 is 0 Å². The van der Waals surface area contributed by atoms with Gasteiger partial charge in [0.25, 0.3) is 0 Å². The lowest BCUT2D eigenvalue weighted by Crippen LogP contribution is -2.43. The molecule has 2 aliphatic rings. The van der Waals surface area contributed by atoms with Crippen LogP contribution in [0.5, 0.6) is 0 Å². The highest BCUT2D eigenvalue weighted by atomic mass is 15.1. The fraction of sp³-hybridized carbons (Fsp3) is 0.778. The van der Waals surface area contributed by atoms with Gasteiger partial charge >= 0.3 is 0 Å². The first-order valence-corrected chi connectivity index (χ1v) is 4.45. The van der Waals surface area contributed by atoms with Gasteiger partial charge in [0, 0.05) is 18.8 Å². The molecule has 0 aromatic carbocycles. The van der Waals surface area contributed by atoms with Gasteiger partial charge in [-0.05, 0) is 37.8 Å². The lowest BCUT2D eigenvalue weighted by molar-refractivity contribution is 0.187. The Morgan fingerprint density at radius 1 is 1.55 bits per heavy atom. The van der Waals surface area contributed by atoms with Crippen LogP contribution >= 0.6 is 0 Å². The molecule has 2 heterocycles. The summed E-state index contributed by atoms with van der Waals surface area (Å²) in [5.74, 6) is 0.775. The van der Waals surface area contributed by atoms with E-state index in [0.29, 0.717) is 0 Å². The molecule has 1 fully saturated rings. The van der Waals surface area contributed by atoms with E-state index in [1.807, 2.05) is 0 Å². The molecule has 0 radical (unpaired) electrons. The topological polar surface area (TPSA) is 29.3 Å². The van der Waals surface area contributed by atoms with Crippen LogP contribution in [0.15, 0.2) is 11.3 Å². The number of hydrogen-bond acceptors (Lipinski definition) is 2. The summed E-state index contributed by atoms with van der Waals surface area (Å²) >= 11 is 0. The Bertz CT molecular complexity index is 196. The number of hydrogen-bond donors (Lipinski definition) is 1. The predicted molar refractivity (Wildman–Crippen MR) is 46.1 cm³/mol. The zero-order chi connectivity index (χ0) is 7.84. The summed E-state index contributed by atoms with van der Waals surface area (Å²) in [4.78, 5) is 2.47. The van der Waals surface area contributed by atoms with E-state index in [1.165, 1.54) is 31.5 Å². The van der Waals surface area contributed by atoms with Crippen LogP contribution in [0.4, 0.5) is 0 Å². The molecule has 2 unspecified atom stereocenters. The Balaban J connectivity index is 2.23. The van der Waals surface area contributed by atoms with Crippen LogP contribution < -0.4 is 5.73 Å². The van der Waals surface area contributed by atoms with Crippen LogP contribution in [-0.2, 0) is 0 Å². The van der Waals surface area contributed by atoms with Crippen molar-refractivity contribution in [3.8, 4) is 0 Å². The highest BCUT2D eigenvalue weighted by Crippen LogP contribution is 2.28. The van der Waals surface area contributed by atoms with Gasteiger partial charge in [-0.15, -0.1) is 0 Å². The van der Waals surface area contributed by atoms with Crippen molar-refractivity contribution in [1.29, 1.82) is 0 Å². The molecule has 2 nitrogen and oxygen atoms in total. The van der Waals surface area contributed by atoms with E-state index in [1.54, 1.807) is 0 Å². The standard InChI is InChI=1S/C9H16N2/c1-7-8-3-2-4-11(5-8)6-9(7)10/h8H,2-6,10H2,1H3. The summed E-state index contributed by atoms with van der Waals surface area (Å²) in [6, 6.07) is 0. The normalized spacial score (nSPS) is 37.5. The maximum Gasteiger partial charge on any atom is 0.0379 e. The summed E-state index contributed by atoms with van der Waals surface area (Å²) in [6.45, 7) is 5.72. The molecule has 0 aromatic heterocycles. The zero-order valence-corrected chi connectivity index (χ0v) is 7.14. The van der Waals surface area contributed by atoms with Crippen LogP contribution in [0.1, 0.15) is 19.8 Å². The van der Waals surface area contributed by atoms with Gasteiger partial charge in [0.2, 0.25) is 0 Å². The second-order valence-corrected chi connectivity index (χ2v) is 3.78. The van der Waals surface area contributed by atoms with Crippen molar-refractivity contribution >= 4 is 0 Å². The molecule has 62 valence electrons. The Morgan fingerprint density at radius 3 is 3.18 bits per heavy atom. The molecule has 0 spiro atoms. The van der Waals surface area contributed by atoms with E-state index in [-0.39, 0.29) is 0 Å². The van der Waals surface area contributed by atoms with Crippen molar-refractivity contribution in [2.24, 2.45) is 11.7 Å². The summed E-state index contributed by atoms with van der Waals surface area (Å²) in [7, 11) is 0. The van der Waals surface area contributed by atoms with Gasteiger partial charge in [0.05, 0.1) is 0 Å². The Morgan fingerprint density at radius 2 is 2.36 bits per heavy atom. The quantitative estimate of drug-likeness (QED) is 0.560. The molecule has 0 amide bonds. The van der Waals surface area contributed by atoms with Crippen molar-refractivity contribution in [1.82, 2.24) is 4.90 Å². The summed E-state index contributed by atoms with van der Waals surface area (Å²) in [5, 5.41) is 0. The monoisotopic (exact) mass is 152 g/mol. The van der Waals surface area contributed by atoms with E-state index in [2.05, 4.69) is 11.8 Å². The van der Waals surface area contributed by atoms with Gasteiger partial charge in [0.15, 0.2) is 0 Å². The molecule has 2 N–H and O–H groups in total. The van der Waals surface area contributed by atoms with Crippen LogP contribution in [-0.4, -0.2) is 24.5 Å². The molecule has 0 saturated carbocycles. The first-order chi connectivity index (χ1) is 5.27. The summed E-state index contributed by atoms with van der Waals surface area (Å²) in [5.41, 5.74) is 8.49. The maximum atomic E-state index is 5.91. The van der Waals surface area contributed by atoms with E-state index >= 15 is 0 Å². The van der Waals surface area contributed by atoms with Crippen LogP contribution in [0, 0.1) is 5.92 Å². The molecule has 0 aliphatic carbocycles. The smallest absolute Gasteiger partial charge is 0.0379 e. The van der Waals surface area contributed by atoms with Crippen molar-refractivity contribution in [3.05, 3.63) is 11.3 Å². The van der Waals surface area contributed by atoms with Crippen molar-refractivity contribution in [2.75, 3.05) is 19.6 Å². The molecule has 2 atom stereocenters. The maximum absolute atomic E-state index is 5.91. The van der Waals surface area contributed by atoms with E-state index in [0.717, 1.165) is 18.2 Å². The molecule has 1 saturated heterocycles. The van der Waals surface area contributed by atoms with Crippen molar-refractivity contribution in [2.45, 2.75) is 19.8 Å². The highest BCUT2D eigenvalue weighted by molar-refractivity contribution is 5.18. The van der Waals surface area contributed by atoms with Gasteiger partial charge in [-0.25, -0.2) is 0 Å². The third kappa shape index (κ3) is 1.16. The zero-order valence-electron chi connectivity index (χ0n) is 7.14. The molecule has 2 heteroatoms. The molecular weight excluding hydrogens is 136 g/mol. The largest absolute Gasteiger partial charge is 0.401 e. The number of nitrogens with zero attached hydrogens (tertiary/aromatic N) is 1. The lowest BCUT2D eigenvalue weighted by Gasteiger charge is -2.38. The second-order valence-electron chi connectivity index (χ2n) is 3.78. The number of rotatable bonds is 0. The Kier molecular flexibility index (Phi) is 1.64. The number of piperidine rings is 1. The second kappa shape index (κ2) is 2.52. The molecule has 0 aromatic rings. The first-order valence-electron chi connectivity index (χ1n) is 4.45. The Labute approximate surface area is 68.1 Å². The van der Waals surface area contributed by atoms with Crippen LogP contribution in [0.25, 0.3) is 0 Å². The van der Waals surface area contributed by atoms with Gasteiger partial charge < -0.3 is 5.73 Å². The molecule has 11 heavy (non-hydrogen) atoms. The minimum atomic E-state index is 0.775. The average Bonchev–Trinajstić information content (AvgIpc) is 2.01. The van der Waals surface area contributed by atoms with E-state index in [9.17, 15) is 0 Å². The van der Waals surface area contributed by atoms with Crippen LogP contribution in [0.3, 0.4) is 0 Å². The van der Waals surface area contributed by atoms with E-state index in [4.69, 9.17) is 5.73 Å². The molecular formula is C9H16N2. The van der Waals surface area contributed by atoms with Gasteiger partial charge in [-0.2, -0.15) is 0 Å². The highest BCUT2D eigenvalue weighted by Gasteiger charge is 2.26. The van der Waals surface area contributed by atoms with Crippen molar-refractivity contribution < 1.29 is 0 Å². The fourth-order valence-corrected chi connectivity index (χ4v) is 2.18. The average molecular weight is 152 g/mol. The summed E-state index contributed by atoms with van der Waals surface area (Å²) in [6.07, 6.45) is 2.71. The molecule has 2 aliphatic heterocycles. The van der Waals surface area contributed by atoms with Gasteiger partial charge in [-0.3, -0.25) is 4.90 Å². The summed E-state index contributed by atoms with van der Waals surface area (Å²) < 4.78 is 0. The minimum Gasteiger partial charge on any atom is -0.401 e. The third-order valence-corrected chi connectivity index (χ3v) is 3.02. The number of nitrogens with two attached hydrogens (primary N) is 1. The molecule has 2 bridgehead atoms. The third-order valence-electron chi connectivity index (χ3n) is 3.02. The fourth-order valence-electron chi connectivity index (χ4n) is 2.18. The molecule has 2 rings (SSSR count). The first kappa shape index (κ1) is 7.17. The van der Waals surface area contributed by atoms with Crippen LogP contribution in [0.2, 0.25) is 0 Å². The SMILES string of the molecule is CC1=C(N)CN2CCCC1C2. The minimum absolute atomic E-state index is 0.775. The Hall–Kier alpha value is -0.500. The predicted octanol–water partition coefficient (Wildman–Crippen LogP) is 0.945.